The molecule has 0 aromatic heterocycles. The highest BCUT2D eigenvalue weighted by Crippen LogP contribution is 2.38. The van der Waals surface area contributed by atoms with Gasteiger partial charge in [-0.25, -0.2) is 0 Å². The summed E-state index contributed by atoms with van der Waals surface area (Å²) in [6.45, 7) is 6.37. The van der Waals surface area contributed by atoms with Gasteiger partial charge in [0, 0.05) is 34.9 Å². The lowest BCUT2D eigenvalue weighted by Gasteiger charge is -2.46. The zero-order valence-electron chi connectivity index (χ0n) is 13.0. The molecule has 0 N–H and O–H groups in total. The minimum absolute atomic E-state index is 0.192. The van der Waals surface area contributed by atoms with Crippen LogP contribution < -0.4 is 0 Å². The Morgan fingerprint density at radius 3 is 1.67 bits per heavy atom. The Labute approximate surface area is 112 Å². The maximum atomic E-state index is 5.79. The third-order valence-corrected chi connectivity index (χ3v) is 4.33. The quantitative estimate of drug-likeness (QED) is 0.567. The lowest BCUT2D eigenvalue weighted by Crippen LogP contribution is -2.54. The summed E-state index contributed by atoms with van der Waals surface area (Å²) in [4.78, 5) is 0. The Morgan fingerprint density at radius 1 is 0.889 bits per heavy atom. The third-order valence-electron chi connectivity index (χ3n) is 4.33. The Kier molecular flexibility index (Phi) is 8.03. The van der Waals surface area contributed by atoms with E-state index in [-0.39, 0.29) is 17.5 Å². The van der Waals surface area contributed by atoms with Crippen LogP contribution in [-0.4, -0.2) is 45.9 Å². The fourth-order valence-corrected chi connectivity index (χ4v) is 2.74. The number of hydrogen-bond acceptors (Lipinski definition) is 4. The molecule has 0 fully saturated rings. The first kappa shape index (κ1) is 17.8. The molecule has 0 rings (SSSR count). The monoisotopic (exact) mass is 262 g/mol. The van der Waals surface area contributed by atoms with E-state index in [4.69, 9.17) is 18.9 Å². The van der Waals surface area contributed by atoms with Crippen molar-refractivity contribution < 1.29 is 18.9 Å². The molecule has 0 saturated carbocycles. The highest BCUT2D eigenvalue weighted by molar-refractivity contribution is 4.98. The summed E-state index contributed by atoms with van der Waals surface area (Å²) in [5.41, 5.74) is -0.617. The summed E-state index contributed by atoms with van der Waals surface area (Å²) in [6.07, 6.45) is 3.24. The van der Waals surface area contributed by atoms with E-state index in [0.29, 0.717) is 0 Å². The standard InChI is InChI=1S/C14H30O4/c1-8-14(9-2,18-7)13(3,17-6)11-10-12(15-4)16-5/h12H,8-11H2,1-7H3. The molecule has 1 atom stereocenters. The maximum absolute atomic E-state index is 5.79. The van der Waals surface area contributed by atoms with Crippen LogP contribution in [0, 0.1) is 0 Å². The van der Waals surface area contributed by atoms with E-state index in [0.717, 1.165) is 25.7 Å². The van der Waals surface area contributed by atoms with Crippen molar-refractivity contribution in [2.45, 2.75) is 63.9 Å². The average molecular weight is 262 g/mol. The summed E-state index contributed by atoms with van der Waals surface area (Å²) in [5.74, 6) is 0. The molecule has 0 spiro atoms. The smallest absolute Gasteiger partial charge is 0.156 e. The van der Waals surface area contributed by atoms with Gasteiger partial charge in [0.05, 0.1) is 11.2 Å². The van der Waals surface area contributed by atoms with E-state index in [1.807, 2.05) is 0 Å². The normalized spacial score (nSPS) is 16.0. The molecule has 18 heavy (non-hydrogen) atoms. The highest BCUT2D eigenvalue weighted by Gasteiger charge is 2.46. The molecule has 0 amide bonds. The van der Waals surface area contributed by atoms with Crippen LogP contribution in [0.1, 0.15) is 46.5 Å². The lowest BCUT2D eigenvalue weighted by atomic mass is 9.76. The molecule has 1 unspecified atom stereocenters. The molecule has 4 nitrogen and oxygen atoms in total. The lowest BCUT2D eigenvalue weighted by molar-refractivity contribution is -0.194. The molecule has 0 saturated heterocycles. The van der Waals surface area contributed by atoms with E-state index >= 15 is 0 Å². The van der Waals surface area contributed by atoms with E-state index in [2.05, 4.69) is 20.8 Å². The van der Waals surface area contributed by atoms with Crippen molar-refractivity contribution >= 4 is 0 Å². The molecule has 0 aromatic carbocycles. The maximum Gasteiger partial charge on any atom is 0.156 e. The number of methoxy groups -OCH3 is 4. The molecular weight excluding hydrogens is 232 g/mol. The van der Waals surface area contributed by atoms with Gasteiger partial charge in [-0.2, -0.15) is 0 Å². The predicted molar refractivity (Wildman–Crippen MR) is 72.8 cm³/mol. The molecule has 110 valence electrons. The van der Waals surface area contributed by atoms with Crippen LogP contribution in [0.15, 0.2) is 0 Å². The van der Waals surface area contributed by atoms with Crippen LogP contribution in [0.3, 0.4) is 0 Å². The van der Waals surface area contributed by atoms with Crippen LogP contribution in [0.5, 0.6) is 0 Å². The van der Waals surface area contributed by atoms with Crippen LogP contribution >= 0.6 is 0 Å². The highest BCUT2D eigenvalue weighted by atomic mass is 16.7. The van der Waals surface area contributed by atoms with Crippen molar-refractivity contribution in [2.75, 3.05) is 28.4 Å². The van der Waals surface area contributed by atoms with Gasteiger partial charge in [0.2, 0.25) is 0 Å². The first-order valence-electron chi connectivity index (χ1n) is 6.65. The van der Waals surface area contributed by atoms with Crippen LogP contribution in [0.4, 0.5) is 0 Å². The molecule has 0 aliphatic rings. The van der Waals surface area contributed by atoms with Crippen molar-refractivity contribution in [1.82, 2.24) is 0 Å². The fraction of sp³-hybridized carbons (Fsp3) is 1.00. The van der Waals surface area contributed by atoms with Crippen molar-refractivity contribution in [3.05, 3.63) is 0 Å². The minimum Gasteiger partial charge on any atom is -0.376 e. The molecule has 0 aliphatic heterocycles. The second-order valence-electron chi connectivity index (χ2n) is 4.78. The average Bonchev–Trinajstić information content (AvgIpc) is 2.42. The van der Waals surface area contributed by atoms with E-state index in [9.17, 15) is 0 Å². The van der Waals surface area contributed by atoms with Gasteiger partial charge in [-0.15, -0.1) is 0 Å². The molecule has 0 radical (unpaired) electrons. The van der Waals surface area contributed by atoms with E-state index < -0.39 is 0 Å². The summed E-state index contributed by atoms with van der Waals surface area (Å²) < 4.78 is 22.0. The van der Waals surface area contributed by atoms with Gasteiger partial charge in [-0.1, -0.05) is 13.8 Å². The van der Waals surface area contributed by atoms with Gasteiger partial charge < -0.3 is 18.9 Å². The third kappa shape index (κ3) is 3.67. The first-order chi connectivity index (χ1) is 8.49. The van der Waals surface area contributed by atoms with Crippen LogP contribution in [0.2, 0.25) is 0 Å². The number of hydrogen-bond donors (Lipinski definition) is 0. The van der Waals surface area contributed by atoms with Crippen molar-refractivity contribution in [1.29, 1.82) is 0 Å². The first-order valence-corrected chi connectivity index (χ1v) is 6.65. The molecule has 0 bridgehead atoms. The second kappa shape index (κ2) is 8.10. The Hall–Kier alpha value is -0.160. The van der Waals surface area contributed by atoms with E-state index in [1.165, 1.54) is 0 Å². The zero-order chi connectivity index (χ0) is 14.2. The van der Waals surface area contributed by atoms with Crippen molar-refractivity contribution in [3.8, 4) is 0 Å². The summed E-state index contributed by atoms with van der Waals surface area (Å²) in [7, 11) is 6.81. The van der Waals surface area contributed by atoms with Gasteiger partial charge in [-0.05, 0) is 26.2 Å². The van der Waals surface area contributed by atoms with Crippen molar-refractivity contribution in [3.63, 3.8) is 0 Å². The second-order valence-corrected chi connectivity index (χ2v) is 4.78. The zero-order valence-corrected chi connectivity index (χ0v) is 13.0. The number of ether oxygens (including phenoxy) is 4. The van der Waals surface area contributed by atoms with Crippen molar-refractivity contribution in [2.24, 2.45) is 0 Å². The predicted octanol–water partition coefficient (Wildman–Crippen LogP) is 3.00. The molecule has 0 aromatic rings. The largest absolute Gasteiger partial charge is 0.376 e. The Bertz CT molecular complexity index is 204. The summed E-state index contributed by atoms with van der Waals surface area (Å²) in [6, 6.07) is 0. The van der Waals surface area contributed by atoms with Gasteiger partial charge in [0.25, 0.3) is 0 Å². The van der Waals surface area contributed by atoms with Crippen LogP contribution in [-0.2, 0) is 18.9 Å². The molecule has 0 heterocycles. The molecule has 0 aliphatic carbocycles. The van der Waals surface area contributed by atoms with Gasteiger partial charge in [0.1, 0.15) is 0 Å². The molecule has 4 heteroatoms. The topological polar surface area (TPSA) is 36.9 Å². The van der Waals surface area contributed by atoms with E-state index in [1.54, 1.807) is 28.4 Å². The summed E-state index contributed by atoms with van der Waals surface area (Å²) in [5, 5.41) is 0. The van der Waals surface area contributed by atoms with Gasteiger partial charge >= 0.3 is 0 Å². The Balaban J connectivity index is 4.86. The fourth-order valence-electron chi connectivity index (χ4n) is 2.74. The van der Waals surface area contributed by atoms with Crippen LogP contribution in [0.25, 0.3) is 0 Å². The molecular formula is C14H30O4. The van der Waals surface area contributed by atoms with Gasteiger partial charge in [-0.3, -0.25) is 0 Å². The minimum atomic E-state index is -0.347. The van der Waals surface area contributed by atoms with Gasteiger partial charge in [0.15, 0.2) is 6.29 Å². The summed E-state index contributed by atoms with van der Waals surface area (Å²) >= 11 is 0. The Morgan fingerprint density at radius 2 is 1.39 bits per heavy atom. The SMILES string of the molecule is CCC(CC)(OC)C(C)(CCC(OC)OC)OC. The number of rotatable bonds is 10.